The number of benzene rings is 1. The minimum atomic E-state index is 0.243. The molecule has 0 saturated carbocycles. The van der Waals surface area contributed by atoms with Crippen LogP contribution in [-0.2, 0) is 6.42 Å². The van der Waals surface area contributed by atoms with Crippen molar-refractivity contribution in [2.24, 2.45) is 21.6 Å². The number of nitrogens with zero attached hydrogens (tertiary/aromatic N) is 4. The van der Waals surface area contributed by atoms with Gasteiger partial charge in [-0.05, 0) is 35.8 Å². The van der Waals surface area contributed by atoms with Crippen LogP contribution in [0.3, 0.4) is 0 Å². The number of nitrogens with one attached hydrogen (secondary N) is 1. The topological polar surface area (TPSA) is 78.9 Å². The number of rotatable bonds is 6. The third-order valence-corrected chi connectivity index (χ3v) is 7.02. The minimum absolute atomic E-state index is 0.243. The maximum atomic E-state index is 6.27. The van der Waals surface area contributed by atoms with Gasteiger partial charge in [0, 0.05) is 50.1 Å². The molecule has 0 amide bonds. The summed E-state index contributed by atoms with van der Waals surface area (Å²) in [5.41, 5.74) is 10.8. The van der Waals surface area contributed by atoms with Crippen LogP contribution >= 0.6 is 0 Å². The monoisotopic (exact) mass is 442 g/mol. The molecular weight excluding hydrogens is 408 g/mol. The summed E-state index contributed by atoms with van der Waals surface area (Å²) in [5, 5.41) is 5.97. The van der Waals surface area contributed by atoms with Gasteiger partial charge in [0.05, 0.1) is 23.1 Å². The molecule has 172 valence electrons. The summed E-state index contributed by atoms with van der Waals surface area (Å²) in [6.07, 6.45) is 10.1. The van der Waals surface area contributed by atoms with E-state index >= 15 is 0 Å². The standard InChI is InChI=1S/C27H34N6/c1-18(2)23(28)17-33-14-11-21(12-15-33)30-27-31-24-9-5-7-20(26(24)32-27)16-25-22-8-4-3-6-19(22)10-13-29-25/h3-8,10,13,18,21,23H,9,11-12,14-17,28H2,1-2H3,(H,30,32). The largest absolute Gasteiger partial charge is 0.326 e. The molecule has 3 N–H and O–H groups in total. The molecule has 1 unspecified atom stereocenters. The van der Waals surface area contributed by atoms with E-state index < -0.39 is 0 Å². The summed E-state index contributed by atoms with van der Waals surface area (Å²) in [6.45, 7) is 7.48. The molecule has 1 saturated heterocycles. The number of aliphatic imine (C=N–C) groups is 2. The fraction of sp³-hybridized carbons (Fsp3) is 0.444. The number of nitrogens with two attached hydrogens (primary N) is 1. The van der Waals surface area contributed by atoms with Crippen LogP contribution in [-0.4, -0.2) is 53.3 Å². The van der Waals surface area contributed by atoms with E-state index in [1.165, 1.54) is 16.3 Å². The minimum Gasteiger partial charge on any atom is -0.326 e. The molecule has 1 aromatic carbocycles. The molecule has 0 spiro atoms. The smallest absolute Gasteiger partial charge is 0.223 e. The Morgan fingerprint density at radius 1 is 1.18 bits per heavy atom. The van der Waals surface area contributed by atoms with Crippen molar-refractivity contribution in [2.45, 2.75) is 51.6 Å². The zero-order chi connectivity index (χ0) is 22.8. The average Bonchev–Trinajstić information content (AvgIpc) is 3.24. The lowest BCUT2D eigenvalue weighted by atomic mass is 9.96. The van der Waals surface area contributed by atoms with Crippen molar-refractivity contribution in [1.29, 1.82) is 0 Å². The van der Waals surface area contributed by atoms with Crippen molar-refractivity contribution in [2.75, 3.05) is 19.6 Å². The third-order valence-electron chi connectivity index (χ3n) is 7.02. The second kappa shape index (κ2) is 9.57. The van der Waals surface area contributed by atoms with Crippen molar-refractivity contribution in [3.63, 3.8) is 0 Å². The molecule has 6 nitrogen and oxygen atoms in total. The van der Waals surface area contributed by atoms with Gasteiger partial charge in [0.2, 0.25) is 5.96 Å². The highest BCUT2D eigenvalue weighted by atomic mass is 15.2. The fourth-order valence-electron chi connectivity index (χ4n) is 4.83. The van der Waals surface area contributed by atoms with Gasteiger partial charge in [0.1, 0.15) is 0 Å². The van der Waals surface area contributed by atoms with Crippen molar-refractivity contribution < 1.29 is 0 Å². The van der Waals surface area contributed by atoms with Gasteiger partial charge in [-0.2, -0.15) is 0 Å². The van der Waals surface area contributed by atoms with E-state index in [-0.39, 0.29) is 6.04 Å². The van der Waals surface area contributed by atoms with Gasteiger partial charge < -0.3 is 16.0 Å². The van der Waals surface area contributed by atoms with Crippen LogP contribution in [0.25, 0.3) is 10.8 Å². The zero-order valence-corrected chi connectivity index (χ0v) is 19.7. The third kappa shape index (κ3) is 4.92. The van der Waals surface area contributed by atoms with Crippen LogP contribution in [0.15, 0.2) is 69.9 Å². The van der Waals surface area contributed by atoms with Crippen LogP contribution in [0.5, 0.6) is 0 Å². The lowest BCUT2D eigenvalue weighted by Gasteiger charge is -2.33. The van der Waals surface area contributed by atoms with Crippen molar-refractivity contribution in [1.82, 2.24) is 15.2 Å². The van der Waals surface area contributed by atoms with E-state index in [1.807, 2.05) is 6.20 Å². The van der Waals surface area contributed by atoms with Crippen molar-refractivity contribution >= 4 is 22.4 Å². The molecule has 1 aliphatic carbocycles. The average molecular weight is 443 g/mol. The maximum Gasteiger partial charge on any atom is 0.223 e. The SMILES string of the molecule is CC(C)C(N)CN1CCC(N=C2N=C3CC=CC(Cc4nccc5ccccc45)=C3N2)CC1. The van der Waals surface area contributed by atoms with Gasteiger partial charge in [-0.15, -0.1) is 0 Å². The Balaban J connectivity index is 1.27. The van der Waals surface area contributed by atoms with Gasteiger partial charge in [-0.1, -0.05) is 50.3 Å². The zero-order valence-electron chi connectivity index (χ0n) is 19.7. The molecule has 33 heavy (non-hydrogen) atoms. The first kappa shape index (κ1) is 22.0. The Bertz CT molecular complexity index is 1130. The molecule has 0 bridgehead atoms. The number of guanidine groups is 1. The predicted molar refractivity (Wildman–Crippen MR) is 137 cm³/mol. The summed E-state index contributed by atoms with van der Waals surface area (Å²) in [7, 11) is 0. The fourth-order valence-corrected chi connectivity index (χ4v) is 4.83. The highest BCUT2D eigenvalue weighted by molar-refractivity contribution is 6.16. The number of piperidine rings is 1. The van der Waals surface area contributed by atoms with Gasteiger partial charge in [0.25, 0.3) is 0 Å². The highest BCUT2D eigenvalue weighted by Crippen LogP contribution is 2.26. The normalized spacial score (nSPS) is 21.6. The molecule has 0 radical (unpaired) electrons. The molecule has 5 rings (SSSR count). The second-order valence-electron chi connectivity index (χ2n) is 9.74. The number of hydrogen-bond donors (Lipinski definition) is 2. The summed E-state index contributed by atoms with van der Waals surface area (Å²) in [4.78, 5) is 17.0. The second-order valence-corrected chi connectivity index (χ2v) is 9.74. The van der Waals surface area contributed by atoms with Crippen LogP contribution in [0, 0.1) is 5.92 Å². The van der Waals surface area contributed by atoms with Gasteiger partial charge in [0.15, 0.2) is 0 Å². The number of pyridine rings is 1. The number of allylic oxidation sites excluding steroid dienone is 4. The number of hydrogen-bond acceptors (Lipinski definition) is 4. The van der Waals surface area contributed by atoms with Gasteiger partial charge in [-0.25, -0.2) is 9.98 Å². The summed E-state index contributed by atoms with van der Waals surface area (Å²) in [6, 6.07) is 11.1. The number of fused-ring (bicyclic) bond motifs is 2. The predicted octanol–water partition coefficient (Wildman–Crippen LogP) is 3.84. The Morgan fingerprint density at radius 2 is 2.00 bits per heavy atom. The molecule has 3 heterocycles. The maximum absolute atomic E-state index is 6.27. The lowest BCUT2D eigenvalue weighted by molar-refractivity contribution is 0.191. The Labute approximate surface area is 196 Å². The van der Waals surface area contributed by atoms with E-state index in [0.717, 1.165) is 68.4 Å². The van der Waals surface area contributed by atoms with Gasteiger partial charge >= 0.3 is 0 Å². The Morgan fingerprint density at radius 3 is 2.82 bits per heavy atom. The number of aromatic nitrogens is 1. The first-order chi connectivity index (χ1) is 16.1. The van der Waals surface area contributed by atoms with Gasteiger partial charge in [-0.3, -0.25) is 4.98 Å². The molecule has 2 aromatic rings. The molecule has 6 heteroatoms. The van der Waals surface area contributed by atoms with Crippen LogP contribution in [0.2, 0.25) is 0 Å². The van der Waals surface area contributed by atoms with E-state index in [2.05, 4.69) is 71.5 Å². The first-order valence-electron chi connectivity index (χ1n) is 12.2. The van der Waals surface area contributed by atoms with Crippen LogP contribution < -0.4 is 11.1 Å². The summed E-state index contributed by atoms with van der Waals surface area (Å²) >= 11 is 0. The molecule has 2 aliphatic heterocycles. The molecular formula is C27H34N6. The highest BCUT2D eigenvalue weighted by Gasteiger charge is 2.26. The molecule has 1 aromatic heterocycles. The van der Waals surface area contributed by atoms with E-state index in [9.17, 15) is 0 Å². The quantitative estimate of drug-likeness (QED) is 0.712. The van der Waals surface area contributed by atoms with Crippen molar-refractivity contribution in [3.8, 4) is 0 Å². The summed E-state index contributed by atoms with van der Waals surface area (Å²) in [5.74, 6) is 1.29. The van der Waals surface area contributed by atoms with Crippen molar-refractivity contribution in [3.05, 3.63) is 65.6 Å². The van der Waals surface area contributed by atoms with Crippen LogP contribution in [0.1, 0.15) is 38.8 Å². The van der Waals surface area contributed by atoms with E-state index in [0.29, 0.717) is 12.0 Å². The Hall–Kier alpha value is -2.83. The van der Waals surface area contributed by atoms with E-state index in [4.69, 9.17) is 15.7 Å². The lowest BCUT2D eigenvalue weighted by Crippen LogP contribution is -2.45. The number of likely N-dealkylation sites (tertiary alicyclic amines) is 1. The first-order valence-corrected chi connectivity index (χ1v) is 12.2. The molecule has 1 atom stereocenters. The Kier molecular flexibility index (Phi) is 6.38. The molecule has 1 fully saturated rings. The van der Waals surface area contributed by atoms with E-state index in [1.54, 1.807) is 0 Å². The summed E-state index contributed by atoms with van der Waals surface area (Å²) < 4.78 is 0. The molecule has 3 aliphatic rings. The van der Waals surface area contributed by atoms with Crippen LogP contribution in [0.4, 0.5) is 0 Å².